The van der Waals surface area contributed by atoms with E-state index in [4.69, 9.17) is 0 Å². The van der Waals surface area contributed by atoms with E-state index in [0.717, 1.165) is 56.3 Å². The van der Waals surface area contributed by atoms with Crippen molar-refractivity contribution in [1.29, 1.82) is 0 Å². The third-order valence-corrected chi connectivity index (χ3v) is 12.3. The van der Waals surface area contributed by atoms with Crippen molar-refractivity contribution in [2.45, 2.75) is 114 Å². The minimum atomic E-state index is -5.49. The molecule has 0 saturated heterocycles. The van der Waals surface area contributed by atoms with Crippen LogP contribution in [-0.4, -0.2) is 70.6 Å². The molecule has 0 unspecified atom stereocenters. The van der Waals surface area contributed by atoms with Gasteiger partial charge in [0.15, 0.2) is 5.60 Å². The van der Waals surface area contributed by atoms with Crippen LogP contribution in [0, 0.1) is 23.2 Å². The van der Waals surface area contributed by atoms with Gasteiger partial charge >= 0.3 is 18.3 Å². The number of alkyl halides is 8. The zero-order valence-corrected chi connectivity index (χ0v) is 26.9. The standard InChI is InChI=1S/C33H47F8NO2S/c1-29-14-11-26-25-10-9-24(43)21-23(25)20-22(28(26)27(29)12-15-30(29,44)32(36,37)38)8-4-3-5-16-42(2)17-7-19-45-18-6-13-31(34,35)33(39,40)41/h9-10,21-22,26-28,43-44H,3-8,11-20H2,1-2H3/t22-,26-,27+,28-,29+,30+/m1/s1. The van der Waals surface area contributed by atoms with Crippen LogP contribution < -0.4 is 0 Å². The number of hydrogen-bond acceptors (Lipinski definition) is 4. The van der Waals surface area contributed by atoms with E-state index < -0.39 is 35.7 Å². The molecule has 0 heterocycles. The number of rotatable bonds is 14. The molecule has 3 aliphatic carbocycles. The first-order valence-electron chi connectivity index (χ1n) is 16.2. The minimum absolute atomic E-state index is 0.0528. The van der Waals surface area contributed by atoms with Gasteiger partial charge in [0, 0.05) is 11.8 Å². The first kappa shape index (κ1) is 36.6. The summed E-state index contributed by atoms with van der Waals surface area (Å²) >= 11 is 1.39. The number of nitrogens with zero attached hydrogens (tertiary/aromatic N) is 1. The quantitative estimate of drug-likeness (QED) is 0.153. The van der Waals surface area contributed by atoms with Crippen molar-refractivity contribution >= 4 is 11.8 Å². The maximum Gasteiger partial charge on any atom is 0.453 e. The maximum atomic E-state index is 14.2. The molecule has 3 aliphatic rings. The average Bonchev–Trinajstić information content (AvgIpc) is 3.22. The molecule has 6 atom stereocenters. The highest BCUT2D eigenvalue weighted by atomic mass is 32.2. The van der Waals surface area contributed by atoms with Crippen LogP contribution in [0.3, 0.4) is 0 Å². The van der Waals surface area contributed by atoms with Gasteiger partial charge in [0.1, 0.15) is 5.75 Å². The lowest BCUT2D eigenvalue weighted by Crippen LogP contribution is -2.59. The molecule has 2 fully saturated rings. The molecule has 2 saturated carbocycles. The van der Waals surface area contributed by atoms with Gasteiger partial charge in [-0.2, -0.15) is 46.9 Å². The van der Waals surface area contributed by atoms with Gasteiger partial charge in [0.2, 0.25) is 0 Å². The highest BCUT2D eigenvalue weighted by molar-refractivity contribution is 7.99. The summed E-state index contributed by atoms with van der Waals surface area (Å²) in [7, 11) is 1.99. The molecule has 2 N–H and O–H groups in total. The number of phenolic OH excluding ortho intramolecular Hbond substituents is 1. The molecule has 0 aromatic heterocycles. The summed E-state index contributed by atoms with van der Waals surface area (Å²) in [6, 6.07) is 5.41. The van der Waals surface area contributed by atoms with Crippen LogP contribution >= 0.6 is 11.8 Å². The molecule has 0 aliphatic heterocycles. The Morgan fingerprint density at radius 2 is 1.60 bits per heavy atom. The largest absolute Gasteiger partial charge is 0.508 e. The van der Waals surface area contributed by atoms with Gasteiger partial charge in [0.05, 0.1) is 0 Å². The monoisotopic (exact) mass is 673 g/mol. The molecule has 258 valence electrons. The van der Waals surface area contributed by atoms with Crippen LogP contribution in [0.1, 0.15) is 94.6 Å². The van der Waals surface area contributed by atoms with Crippen LogP contribution in [0.15, 0.2) is 18.2 Å². The molecule has 4 rings (SSSR count). The lowest BCUT2D eigenvalue weighted by atomic mass is 9.50. The van der Waals surface area contributed by atoms with Gasteiger partial charge < -0.3 is 15.1 Å². The Bertz CT molecular complexity index is 1130. The van der Waals surface area contributed by atoms with Gasteiger partial charge in [-0.1, -0.05) is 25.8 Å². The molecule has 3 nitrogen and oxygen atoms in total. The zero-order valence-electron chi connectivity index (χ0n) is 26.1. The normalized spacial score (nSPS) is 30.3. The Balaban J connectivity index is 1.24. The number of phenols is 1. The lowest BCUT2D eigenvalue weighted by Gasteiger charge is -2.55. The van der Waals surface area contributed by atoms with Crippen molar-refractivity contribution in [2.24, 2.45) is 23.2 Å². The fraction of sp³-hybridized carbons (Fsp3) is 0.818. The Kier molecular flexibility index (Phi) is 11.4. The van der Waals surface area contributed by atoms with Crippen molar-refractivity contribution in [2.75, 3.05) is 31.6 Å². The highest BCUT2D eigenvalue weighted by Crippen LogP contribution is 2.68. The Labute approximate surface area is 265 Å². The van der Waals surface area contributed by atoms with Crippen LogP contribution in [0.4, 0.5) is 35.1 Å². The second kappa shape index (κ2) is 14.1. The van der Waals surface area contributed by atoms with E-state index in [-0.39, 0.29) is 48.0 Å². The number of aromatic hydroxyl groups is 1. The van der Waals surface area contributed by atoms with Gasteiger partial charge in [-0.25, -0.2) is 0 Å². The molecular weight excluding hydrogens is 626 g/mol. The summed E-state index contributed by atoms with van der Waals surface area (Å²) in [6.07, 6.45) is -5.28. The number of benzene rings is 1. The summed E-state index contributed by atoms with van der Waals surface area (Å²) in [5.41, 5.74) is -1.66. The van der Waals surface area contributed by atoms with E-state index in [1.54, 1.807) is 19.1 Å². The molecule has 0 bridgehead atoms. The number of halogens is 8. The number of hydrogen-bond donors (Lipinski definition) is 2. The Hall–Kier alpha value is -1.27. The molecular formula is C33H47F8NO2S. The Morgan fingerprint density at radius 3 is 2.29 bits per heavy atom. The van der Waals surface area contributed by atoms with Gasteiger partial charge in [-0.15, -0.1) is 0 Å². The van der Waals surface area contributed by atoms with E-state index >= 15 is 0 Å². The summed E-state index contributed by atoms with van der Waals surface area (Å²) in [6.45, 7) is 3.30. The van der Waals surface area contributed by atoms with Crippen molar-refractivity contribution in [3.63, 3.8) is 0 Å². The molecule has 1 aromatic carbocycles. The van der Waals surface area contributed by atoms with E-state index in [9.17, 15) is 45.3 Å². The van der Waals surface area contributed by atoms with E-state index in [1.165, 1.54) is 11.8 Å². The molecule has 0 radical (unpaired) electrons. The first-order chi connectivity index (χ1) is 20.9. The molecule has 1 aromatic rings. The van der Waals surface area contributed by atoms with Gasteiger partial charge in [-0.3, -0.25) is 0 Å². The highest BCUT2D eigenvalue weighted by Gasteiger charge is 2.72. The minimum Gasteiger partial charge on any atom is -0.508 e. The summed E-state index contributed by atoms with van der Waals surface area (Å²) < 4.78 is 105. The van der Waals surface area contributed by atoms with Crippen molar-refractivity contribution in [3.05, 3.63) is 29.3 Å². The van der Waals surface area contributed by atoms with E-state index in [1.807, 2.05) is 13.1 Å². The van der Waals surface area contributed by atoms with Gasteiger partial charge in [0.25, 0.3) is 0 Å². The van der Waals surface area contributed by atoms with Crippen molar-refractivity contribution < 1.29 is 45.3 Å². The Morgan fingerprint density at radius 1 is 0.911 bits per heavy atom. The average molecular weight is 674 g/mol. The fourth-order valence-corrected chi connectivity index (χ4v) is 9.58. The molecule has 0 spiro atoms. The third kappa shape index (κ3) is 7.74. The van der Waals surface area contributed by atoms with Crippen LogP contribution in [-0.2, 0) is 6.42 Å². The van der Waals surface area contributed by atoms with Crippen LogP contribution in [0.5, 0.6) is 5.75 Å². The number of aliphatic hydroxyl groups is 1. The predicted octanol–water partition coefficient (Wildman–Crippen LogP) is 9.36. The van der Waals surface area contributed by atoms with Crippen LogP contribution in [0.2, 0.25) is 0 Å². The third-order valence-electron chi connectivity index (χ3n) is 11.1. The summed E-state index contributed by atoms with van der Waals surface area (Å²) in [4.78, 5) is 2.18. The summed E-state index contributed by atoms with van der Waals surface area (Å²) in [5.74, 6) is -3.36. The van der Waals surface area contributed by atoms with Gasteiger partial charge in [-0.05, 0) is 136 Å². The molecule has 0 amide bonds. The predicted molar refractivity (Wildman–Crippen MR) is 161 cm³/mol. The molecule has 12 heteroatoms. The van der Waals surface area contributed by atoms with E-state index in [2.05, 4.69) is 4.90 Å². The second-order valence-corrected chi connectivity index (χ2v) is 15.1. The maximum absolute atomic E-state index is 14.2. The number of thioether (sulfide) groups is 1. The fourth-order valence-electron chi connectivity index (χ4n) is 8.70. The number of unbranched alkanes of at least 4 members (excludes halogenated alkanes) is 2. The topological polar surface area (TPSA) is 43.7 Å². The lowest BCUT2D eigenvalue weighted by molar-refractivity contribution is -0.301. The first-order valence-corrected chi connectivity index (χ1v) is 17.4. The second-order valence-electron chi connectivity index (χ2n) is 13.9. The smallest absolute Gasteiger partial charge is 0.453 e. The zero-order chi connectivity index (χ0) is 33.3. The number of fused-ring (bicyclic) bond motifs is 5. The van der Waals surface area contributed by atoms with Crippen LogP contribution in [0.25, 0.3) is 0 Å². The van der Waals surface area contributed by atoms with E-state index in [0.29, 0.717) is 31.4 Å². The van der Waals surface area contributed by atoms with Crippen molar-refractivity contribution in [1.82, 2.24) is 4.90 Å². The SMILES string of the molecule is CN(CCCCC[C@@H]1Cc2cc(O)ccc2[C@H]2CC[C@@]3(C)[C@@H](CC[C@@]3(O)C(F)(F)F)[C@H]12)CCCSCCCC(F)(F)C(F)(F)F. The summed E-state index contributed by atoms with van der Waals surface area (Å²) in [5, 5.41) is 21.2. The van der Waals surface area contributed by atoms with Crippen molar-refractivity contribution in [3.8, 4) is 5.75 Å². The molecule has 45 heavy (non-hydrogen) atoms.